The number of carbonyl (C=O) groups excluding carboxylic acids is 1. The van der Waals surface area contributed by atoms with Gasteiger partial charge in [-0.2, -0.15) is 5.26 Å². The first-order valence-corrected chi connectivity index (χ1v) is 6.05. The first-order valence-electron chi connectivity index (χ1n) is 5.68. The van der Waals surface area contributed by atoms with E-state index in [1.807, 2.05) is 6.07 Å². The number of para-hydroxylation sites is 1. The molecule has 0 aliphatic heterocycles. The van der Waals surface area contributed by atoms with E-state index in [0.29, 0.717) is 27.6 Å². The quantitative estimate of drug-likeness (QED) is 0.754. The molecule has 1 amide bonds. The molecule has 0 radical (unpaired) electrons. The number of carbonyl (C=O) groups is 1. The maximum absolute atomic E-state index is 11.4. The number of benzene rings is 2. The fraction of sp³-hybridized carbons (Fsp3) is 0. The summed E-state index contributed by atoms with van der Waals surface area (Å²) in [6.45, 7) is 0. The Morgan fingerprint density at radius 1 is 1.30 bits per heavy atom. The third-order valence-corrected chi connectivity index (χ3v) is 3.05. The van der Waals surface area contributed by atoms with E-state index in [9.17, 15) is 4.79 Å². The largest absolute Gasteiger partial charge is 0.397 e. The van der Waals surface area contributed by atoms with E-state index >= 15 is 0 Å². The van der Waals surface area contributed by atoms with E-state index in [-0.39, 0.29) is 5.56 Å². The van der Waals surface area contributed by atoms with Crippen molar-refractivity contribution in [1.29, 1.82) is 5.26 Å². The molecule has 0 unspecified atom stereocenters. The molecule has 0 spiro atoms. The van der Waals surface area contributed by atoms with Gasteiger partial charge in [0.15, 0.2) is 0 Å². The summed E-state index contributed by atoms with van der Waals surface area (Å²) in [4.78, 5) is 11.4. The number of nitrogens with one attached hydrogen (secondary N) is 1. The van der Waals surface area contributed by atoms with Gasteiger partial charge in [0.2, 0.25) is 0 Å². The van der Waals surface area contributed by atoms with Crippen LogP contribution in [0.3, 0.4) is 0 Å². The number of anilines is 3. The molecule has 0 aliphatic rings. The van der Waals surface area contributed by atoms with Crippen molar-refractivity contribution in [2.24, 2.45) is 5.73 Å². The molecule has 0 atom stereocenters. The SMILES string of the molecule is N#Cc1ccc(Cl)c(Nc2c(N)cccc2C(N)=O)c1. The normalized spacial score (nSPS) is 9.80. The minimum atomic E-state index is -0.604. The van der Waals surface area contributed by atoms with Crippen LogP contribution >= 0.6 is 11.6 Å². The Morgan fingerprint density at radius 2 is 2.05 bits per heavy atom. The highest BCUT2D eigenvalue weighted by Gasteiger charge is 2.12. The Bertz CT molecular complexity index is 722. The van der Waals surface area contributed by atoms with Crippen LogP contribution in [0.15, 0.2) is 36.4 Å². The van der Waals surface area contributed by atoms with Crippen molar-refractivity contribution in [3.05, 3.63) is 52.5 Å². The molecule has 6 heteroatoms. The third kappa shape index (κ3) is 2.66. The van der Waals surface area contributed by atoms with Gasteiger partial charge in [0, 0.05) is 0 Å². The lowest BCUT2D eigenvalue weighted by Gasteiger charge is -2.14. The summed E-state index contributed by atoms with van der Waals surface area (Å²) >= 11 is 6.06. The zero-order valence-corrected chi connectivity index (χ0v) is 11.1. The summed E-state index contributed by atoms with van der Waals surface area (Å²) in [5.74, 6) is -0.604. The molecule has 0 saturated carbocycles. The fourth-order valence-electron chi connectivity index (χ4n) is 1.74. The number of amides is 1. The van der Waals surface area contributed by atoms with Crippen molar-refractivity contribution in [3.8, 4) is 6.07 Å². The van der Waals surface area contributed by atoms with Gasteiger partial charge in [-0.15, -0.1) is 0 Å². The number of nitrogens with zero attached hydrogens (tertiary/aromatic N) is 1. The predicted molar refractivity (Wildman–Crippen MR) is 78.8 cm³/mol. The number of nitriles is 1. The monoisotopic (exact) mass is 286 g/mol. The van der Waals surface area contributed by atoms with E-state index in [2.05, 4.69) is 5.32 Å². The number of primary amides is 1. The fourth-order valence-corrected chi connectivity index (χ4v) is 1.91. The molecule has 20 heavy (non-hydrogen) atoms. The van der Waals surface area contributed by atoms with E-state index in [4.69, 9.17) is 28.3 Å². The number of rotatable bonds is 3. The Hall–Kier alpha value is -2.71. The Morgan fingerprint density at radius 3 is 2.70 bits per heavy atom. The lowest BCUT2D eigenvalue weighted by atomic mass is 10.1. The highest BCUT2D eigenvalue weighted by atomic mass is 35.5. The van der Waals surface area contributed by atoms with Crippen molar-refractivity contribution >= 4 is 34.6 Å². The summed E-state index contributed by atoms with van der Waals surface area (Å²) < 4.78 is 0. The smallest absolute Gasteiger partial charge is 0.250 e. The molecule has 0 fully saturated rings. The second kappa shape index (κ2) is 5.51. The molecule has 0 bridgehead atoms. The molecule has 0 heterocycles. The number of hydrogen-bond donors (Lipinski definition) is 3. The van der Waals surface area contributed by atoms with Crippen molar-refractivity contribution in [2.75, 3.05) is 11.1 Å². The zero-order chi connectivity index (χ0) is 14.7. The number of nitrogens with two attached hydrogens (primary N) is 2. The first-order chi connectivity index (χ1) is 9.52. The van der Waals surface area contributed by atoms with Gasteiger partial charge >= 0.3 is 0 Å². The predicted octanol–water partition coefficient (Wildman–Crippen LogP) is 2.64. The summed E-state index contributed by atoms with van der Waals surface area (Å²) in [6, 6.07) is 11.6. The summed E-state index contributed by atoms with van der Waals surface area (Å²) in [5, 5.41) is 12.3. The third-order valence-electron chi connectivity index (χ3n) is 2.72. The van der Waals surface area contributed by atoms with Crippen LogP contribution in [0.25, 0.3) is 0 Å². The molecule has 0 saturated heterocycles. The van der Waals surface area contributed by atoms with Crippen molar-refractivity contribution in [2.45, 2.75) is 0 Å². The molecular weight excluding hydrogens is 276 g/mol. The summed E-state index contributed by atoms with van der Waals surface area (Å²) in [7, 11) is 0. The number of hydrogen-bond acceptors (Lipinski definition) is 4. The van der Waals surface area contributed by atoms with Gasteiger partial charge in [-0.05, 0) is 30.3 Å². The van der Waals surface area contributed by atoms with Gasteiger partial charge in [0.25, 0.3) is 5.91 Å². The van der Waals surface area contributed by atoms with Crippen molar-refractivity contribution in [3.63, 3.8) is 0 Å². The maximum Gasteiger partial charge on any atom is 0.250 e. The molecule has 0 aromatic heterocycles. The minimum Gasteiger partial charge on any atom is -0.397 e. The van der Waals surface area contributed by atoms with E-state index < -0.39 is 5.91 Å². The zero-order valence-electron chi connectivity index (χ0n) is 10.4. The van der Waals surface area contributed by atoms with E-state index in [1.165, 1.54) is 0 Å². The average Bonchev–Trinajstić information content (AvgIpc) is 2.43. The van der Waals surface area contributed by atoms with Crippen molar-refractivity contribution < 1.29 is 4.79 Å². The number of nitrogen functional groups attached to an aromatic ring is 1. The Labute approximate surface area is 120 Å². The van der Waals surface area contributed by atoms with Gasteiger partial charge in [-0.25, -0.2) is 0 Å². The topological polar surface area (TPSA) is 105 Å². The molecule has 5 N–H and O–H groups in total. The summed E-state index contributed by atoms with van der Waals surface area (Å²) in [6.07, 6.45) is 0. The molecule has 100 valence electrons. The van der Waals surface area contributed by atoms with Gasteiger partial charge in [-0.1, -0.05) is 17.7 Å². The molecule has 2 aromatic carbocycles. The van der Waals surface area contributed by atoms with Crippen LogP contribution < -0.4 is 16.8 Å². The molecular formula is C14H11ClN4O. The van der Waals surface area contributed by atoms with Gasteiger partial charge in [0.05, 0.1) is 39.3 Å². The van der Waals surface area contributed by atoms with Gasteiger partial charge in [0.1, 0.15) is 0 Å². The second-order valence-electron chi connectivity index (χ2n) is 4.07. The van der Waals surface area contributed by atoms with Crippen LogP contribution in [-0.4, -0.2) is 5.91 Å². The van der Waals surface area contributed by atoms with Gasteiger partial charge in [-0.3, -0.25) is 4.79 Å². The minimum absolute atomic E-state index is 0.253. The molecule has 2 aromatic rings. The van der Waals surface area contributed by atoms with Gasteiger partial charge < -0.3 is 16.8 Å². The first kappa shape index (κ1) is 13.7. The Balaban J connectivity index is 2.50. The molecule has 0 aliphatic carbocycles. The van der Waals surface area contributed by atoms with Crippen LogP contribution in [0.1, 0.15) is 15.9 Å². The highest BCUT2D eigenvalue weighted by molar-refractivity contribution is 6.33. The Kier molecular flexibility index (Phi) is 3.78. The average molecular weight is 287 g/mol. The standard InChI is InChI=1S/C14H11ClN4O/c15-10-5-4-8(7-16)6-12(10)19-13-9(14(18)20)2-1-3-11(13)17/h1-6,19H,17H2,(H2,18,20). The second-order valence-corrected chi connectivity index (χ2v) is 4.47. The van der Waals surface area contributed by atoms with E-state index in [1.54, 1.807) is 36.4 Å². The molecule has 5 nitrogen and oxygen atoms in total. The van der Waals surface area contributed by atoms with Crippen LogP contribution in [0.5, 0.6) is 0 Å². The van der Waals surface area contributed by atoms with E-state index in [0.717, 1.165) is 0 Å². The van der Waals surface area contributed by atoms with Crippen LogP contribution in [-0.2, 0) is 0 Å². The van der Waals surface area contributed by atoms with Crippen LogP contribution in [0.4, 0.5) is 17.1 Å². The maximum atomic E-state index is 11.4. The van der Waals surface area contributed by atoms with Crippen molar-refractivity contribution in [1.82, 2.24) is 0 Å². The van der Waals surface area contributed by atoms with Crippen LogP contribution in [0.2, 0.25) is 5.02 Å². The number of halogens is 1. The molecule has 2 rings (SSSR count). The summed E-state index contributed by atoms with van der Waals surface area (Å²) in [5.41, 5.74) is 13.1. The van der Waals surface area contributed by atoms with Crippen LogP contribution in [0, 0.1) is 11.3 Å². The lowest BCUT2D eigenvalue weighted by molar-refractivity contribution is 0.100. The highest BCUT2D eigenvalue weighted by Crippen LogP contribution is 2.31. The lowest BCUT2D eigenvalue weighted by Crippen LogP contribution is -2.14.